The molecule has 0 saturated carbocycles. The van der Waals surface area contributed by atoms with Crippen molar-refractivity contribution >= 4 is 5.78 Å². The van der Waals surface area contributed by atoms with Gasteiger partial charge in [-0.3, -0.25) is 4.79 Å². The van der Waals surface area contributed by atoms with Crippen molar-refractivity contribution in [3.05, 3.63) is 35.6 Å². The van der Waals surface area contributed by atoms with Crippen LogP contribution in [0.2, 0.25) is 0 Å². The highest BCUT2D eigenvalue weighted by Crippen LogP contribution is 2.21. The zero-order chi connectivity index (χ0) is 7.68. The normalized spacial score (nSPS) is 21.6. The van der Waals surface area contributed by atoms with Gasteiger partial charge < -0.3 is 5.32 Å². The van der Waals surface area contributed by atoms with Crippen LogP contribution < -0.4 is 5.32 Å². The lowest BCUT2D eigenvalue weighted by atomic mass is 9.94. The minimum absolute atomic E-state index is 0.192. The molecule has 0 fully saturated rings. The van der Waals surface area contributed by atoms with E-state index in [2.05, 4.69) is 11.4 Å². The summed E-state index contributed by atoms with van der Waals surface area (Å²) < 4.78 is 0. The highest BCUT2D eigenvalue weighted by atomic mass is 16.1. The smallest absolute Gasteiger partial charge is 0.160 e. The highest BCUT2D eigenvalue weighted by molar-refractivity contribution is 5.95. The molecule has 1 N–H and O–H groups in total. The maximum Gasteiger partial charge on any atom is 0.160 e. The molecule has 0 amide bonds. The molecule has 0 radical (unpaired) electrons. The molecule has 0 spiro atoms. The van der Waals surface area contributed by atoms with Crippen molar-refractivity contribution in [1.82, 2.24) is 5.32 Å². The number of fused-ring (bicyclic) bond motifs is 1. The van der Waals surface area contributed by atoms with Gasteiger partial charge in [0.25, 0.3) is 0 Å². The van der Waals surface area contributed by atoms with E-state index in [1.54, 1.807) is 6.08 Å². The van der Waals surface area contributed by atoms with Gasteiger partial charge in [0.2, 0.25) is 0 Å². The maximum absolute atomic E-state index is 10.9. The van der Waals surface area contributed by atoms with Crippen molar-refractivity contribution in [2.24, 2.45) is 0 Å². The van der Waals surface area contributed by atoms with E-state index in [4.69, 9.17) is 0 Å². The summed E-state index contributed by atoms with van der Waals surface area (Å²) in [6.07, 6.45) is 8.11. The Kier molecular flexibility index (Phi) is 1.39. The molecule has 2 rings (SSSR count). The fourth-order valence-electron chi connectivity index (χ4n) is 1.32. The molecule has 56 valence electrons. The first kappa shape index (κ1) is 6.40. The summed E-state index contributed by atoms with van der Waals surface area (Å²) in [4.78, 5) is 10.9. The Balaban J connectivity index is 2.37. The van der Waals surface area contributed by atoms with Crippen LogP contribution in [0, 0.1) is 0 Å². The SMILES string of the molecule is O=C1C=CC2=CCNC=C2C1. The van der Waals surface area contributed by atoms with Crippen molar-refractivity contribution < 1.29 is 4.79 Å². The second-order valence-electron chi connectivity index (χ2n) is 2.71. The van der Waals surface area contributed by atoms with Gasteiger partial charge in [0.1, 0.15) is 0 Å². The second kappa shape index (κ2) is 2.38. The van der Waals surface area contributed by atoms with Gasteiger partial charge in [0, 0.05) is 19.2 Å². The number of allylic oxidation sites excluding steroid dienone is 4. The largest absolute Gasteiger partial charge is 0.387 e. The summed E-state index contributed by atoms with van der Waals surface area (Å²) in [6.45, 7) is 0.872. The van der Waals surface area contributed by atoms with Crippen LogP contribution in [0.3, 0.4) is 0 Å². The molecule has 1 aliphatic heterocycles. The average Bonchev–Trinajstić information content (AvgIpc) is 2.04. The lowest BCUT2D eigenvalue weighted by Crippen LogP contribution is -2.15. The minimum Gasteiger partial charge on any atom is -0.387 e. The van der Waals surface area contributed by atoms with Gasteiger partial charge in [-0.15, -0.1) is 0 Å². The van der Waals surface area contributed by atoms with Crippen LogP contribution in [0.4, 0.5) is 0 Å². The molecule has 0 aromatic heterocycles. The third-order valence-corrected chi connectivity index (χ3v) is 1.90. The zero-order valence-corrected chi connectivity index (χ0v) is 6.13. The molecule has 0 bridgehead atoms. The van der Waals surface area contributed by atoms with E-state index in [0.717, 1.165) is 12.1 Å². The molecule has 0 unspecified atom stereocenters. The molecule has 2 aliphatic rings. The summed E-state index contributed by atoms with van der Waals surface area (Å²) in [5, 5.41) is 3.08. The first-order valence-electron chi connectivity index (χ1n) is 3.70. The molecule has 0 saturated heterocycles. The fourth-order valence-corrected chi connectivity index (χ4v) is 1.32. The molecule has 0 aromatic carbocycles. The molecular weight excluding hydrogens is 138 g/mol. The van der Waals surface area contributed by atoms with Crippen LogP contribution in [0.25, 0.3) is 0 Å². The van der Waals surface area contributed by atoms with Crippen molar-refractivity contribution in [3.63, 3.8) is 0 Å². The topological polar surface area (TPSA) is 29.1 Å². The Morgan fingerprint density at radius 1 is 1.36 bits per heavy atom. The number of carbonyl (C=O) groups excluding carboxylic acids is 1. The van der Waals surface area contributed by atoms with Crippen LogP contribution in [0.1, 0.15) is 6.42 Å². The lowest BCUT2D eigenvalue weighted by Gasteiger charge is -2.16. The number of hydrogen-bond acceptors (Lipinski definition) is 2. The minimum atomic E-state index is 0.192. The summed E-state index contributed by atoms with van der Waals surface area (Å²) in [5.41, 5.74) is 2.31. The summed E-state index contributed by atoms with van der Waals surface area (Å²) in [6, 6.07) is 0. The molecule has 2 nitrogen and oxygen atoms in total. The number of rotatable bonds is 0. The third-order valence-electron chi connectivity index (χ3n) is 1.90. The second-order valence-corrected chi connectivity index (χ2v) is 2.71. The monoisotopic (exact) mass is 147 g/mol. The zero-order valence-electron chi connectivity index (χ0n) is 6.13. The van der Waals surface area contributed by atoms with E-state index in [1.165, 1.54) is 5.57 Å². The Hall–Kier alpha value is -1.31. The molecule has 2 heteroatoms. The van der Waals surface area contributed by atoms with Crippen molar-refractivity contribution in [3.8, 4) is 0 Å². The Morgan fingerprint density at radius 3 is 3.18 bits per heavy atom. The third kappa shape index (κ3) is 1.11. The standard InChI is InChI=1S/C9H9NO/c11-9-2-1-7-3-4-10-6-8(7)5-9/h1-3,6,10H,4-5H2. The molecule has 1 aliphatic carbocycles. The van der Waals surface area contributed by atoms with Gasteiger partial charge in [-0.05, 0) is 17.2 Å². The van der Waals surface area contributed by atoms with Crippen LogP contribution in [0.5, 0.6) is 0 Å². The molecule has 11 heavy (non-hydrogen) atoms. The van der Waals surface area contributed by atoms with Gasteiger partial charge in [-0.2, -0.15) is 0 Å². The number of carbonyl (C=O) groups is 1. The summed E-state index contributed by atoms with van der Waals surface area (Å²) in [5.74, 6) is 0.192. The Morgan fingerprint density at radius 2 is 2.27 bits per heavy atom. The fraction of sp³-hybridized carbons (Fsp3) is 0.222. The predicted molar refractivity (Wildman–Crippen MR) is 42.9 cm³/mol. The van der Waals surface area contributed by atoms with Crippen molar-refractivity contribution in [2.45, 2.75) is 6.42 Å². The number of dihydropyridines is 1. The van der Waals surface area contributed by atoms with E-state index < -0.39 is 0 Å². The van der Waals surface area contributed by atoms with Gasteiger partial charge >= 0.3 is 0 Å². The van der Waals surface area contributed by atoms with E-state index in [0.29, 0.717) is 6.42 Å². The van der Waals surface area contributed by atoms with Gasteiger partial charge in [-0.25, -0.2) is 0 Å². The average molecular weight is 147 g/mol. The highest BCUT2D eigenvalue weighted by Gasteiger charge is 2.13. The first-order valence-corrected chi connectivity index (χ1v) is 3.70. The quantitative estimate of drug-likeness (QED) is 0.552. The van der Waals surface area contributed by atoms with E-state index in [1.807, 2.05) is 12.3 Å². The van der Waals surface area contributed by atoms with E-state index in [-0.39, 0.29) is 5.78 Å². The van der Waals surface area contributed by atoms with E-state index in [9.17, 15) is 4.79 Å². The molecule has 0 aromatic rings. The number of hydrogen-bond donors (Lipinski definition) is 1. The number of nitrogens with one attached hydrogen (secondary N) is 1. The maximum atomic E-state index is 10.9. The summed E-state index contributed by atoms with van der Waals surface area (Å²) >= 11 is 0. The van der Waals surface area contributed by atoms with Crippen LogP contribution >= 0.6 is 0 Å². The molecular formula is C9H9NO. The Labute approximate surface area is 65.3 Å². The van der Waals surface area contributed by atoms with Gasteiger partial charge in [-0.1, -0.05) is 12.2 Å². The van der Waals surface area contributed by atoms with Gasteiger partial charge in [0.05, 0.1) is 0 Å². The number of ketones is 1. The van der Waals surface area contributed by atoms with Crippen LogP contribution in [-0.2, 0) is 4.79 Å². The van der Waals surface area contributed by atoms with E-state index >= 15 is 0 Å². The van der Waals surface area contributed by atoms with Gasteiger partial charge in [0.15, 0.2) is 5.78 Å². The predicted octanol–water partition coefficient (Wildman–Crippen LogP) is 0.929. The Bertz CT molecular complexity index is 284. The molecule has 1 heterocycles. The van der Waals surface area contributed by atoms with Crippen LogP contribution in [-0.4, -0.2) is 12.3 Å². The lowest BCUT2D eigenvalue weighted by molar-refractivity contribution is -0.114. The van der Waals surface area contributed by atoms with Crippen molar-refractivity contribution in [2.75, 3.05) is 6.54 Å². The molecule has 0 atom stereocenters. The van der Waals surface area contributed by atoms with Crippen molar-refractivity contribution in [1.29, 1.82) is 0 Å². The summed E-state index contributed by atoms with van der Waals surface area (Å²) in [7, 11) is 0. The van der Waals surface area contributed by atoms with Crippen LogP contribution in [0.15, 0.2) is 35.6 Å². The first-order chi connectivity index (χ1) is 5.36.